The molecule has 0 aliphatic heterocycles. The number of carbonyl (C=O) groups is 2. The van der Waals surface area contributed by atoms with Crippen LogP contribution in [0.1, 0.15) is 40.5 Å². The molecule has 1 saturated carbocycles. The monoisotopic (exact) mass is 331 g/mol. The minimum atomic E-state index is -1.18. The van der Waals surface area contributed by atoms with Gasteiger partial charge in [-0.15, -0.1) is 0 Å². The van der Waals surface area contributed by atoms with Crippen molar-refractivity contribution in [3.63, 3.8) is 0 Å². The Morgan fingerprint density at radius 1 is 1.38 bits per heavy atom. The molecule has 1 aliphatic carbocycles. The van der Waals surface area contributed by atoms with Crippen LogP contribution in [0.25, 0.3) is 0 Å². The third-order valence-corrected chi connectivity index (χ3v) is 4.61. The number of nitrogens with zero attached hydrogens (tertiary/aromatic N) is 2. The summed E-state index contributed by atoms with van der Waals surface area (Å²) < 4.78 is 14.7. The maximum Gasteiger partial charge on any atom is 0.358 e. The number of anilines is 1. The highest BCUT2D eigenvalue weighted by Gasteiger charge is 2.36. The van der Waals surface area contributed by atoms with Gasteiger partial charge in [0.05, 0.1) is 11.4 Å². The van der Waals surface area contributed by atoms with E-state index in [1.54, 1.807) is 20.0 Å². The Hall–Kier alpha value is -2.70. The van der Waals surface area contributed by atoms with E-state index in [1.807, 2.05) is 6.07 Å². The molecule has 0 bridgehead atoms. The second-order valence-corrected chi connectivity index (χ2v) is 6.15. The molecular formula is C17H18FN3O3. The smallest absolute Gasteiger partial charge is 0.358 e. The van der Waals surface area contributed by atoms with Gasteiger partial charge in [-0.3, -0.25) is 9.48 Å². The van der Waals surface area contributed by atoms with Crippen molar-refractivity contribution in [2.45, 2.75) is 25.7 Å². The van der Waals surface area contributed by atoms with Crippen molar-refractivity contribution in [3.05, 3.63) is 47.0 Å². The summed E-state index contributed by atoms with van der Waals surface area (Å²) in [7, 11) is 1.63. The molecule has 0 spiro atoms. The fraction of sp³-hybridized carbons (Fsp3) is 0.353. The first-order valence-electron chi connectivity index (χ1n) is 7.70. The molecule has 0 saturated heterocycles. The van der Waals surface area contributed by atoms with E-state index >= 15 is 0 Å². The fourth-order valence-corrected chi connectivity index (χ4v) is 3.00. The molecule has 24 heavy (non-hydrogen) atoms. The summed E-state index contributed by atoms with van der Waals surface area (Å²) in [6.45, 7) is 1.70. The largest absolute Gasteiger partial charge is 0.476 e. The van der Waals surface area contributed by atoms with Crippen LogP contribution in [0.4, 0.5) is 10.1 Å². The number of aromatic carboxylic acids is 1. The van der Waals surface area contributed by atoms with Crippen molar-refractivity contribution < 1.29 is 19.1 Å². The molecule has 6 nitrogen and oxygen atoms in total. The zero-order valence-electron chi connectivity index (χ0n) is 13.4. The summed E-state index contributed by atoms with van der Waals surface area (Å²) in [6, 6.07) is 6.41. The SMILES string of the molecule is Cc1c(NC(=O)C2CC(c3cccc(F)c3)C2)c(C(=O)O)nn1C. The highest BCUT2D eigenvalue weighted by atomic mass is 19.1. The van der Waals surface area contributed by atoms with Crippen LogP contribution in [-0.2, 0) is 11.8 Å². The van der Waals surface area contributed by atoms with Gasteiger partial charge in [0, 0.05) is 13.0 Å². The van der Waals surface area contributed by atoms with Crippen molar-refractivity contribution in [2.75, 3.05) is 5.32 Å². The Morgan fingerprint density at radius 3 is 2.71 bits per heavy atom. The maximum atomic E-state index is 13.3. The van der Waals surface area contributed by atoms with Crippen LogP contribution >= 0.6 is 0 Å². The number of carboxylic acid groups (broad SMARTS) is 1. The highest BCUT2D eigenvalue weighted by molar-refractivity contribution is 6.01. The van der Waals surface area contributed by atoms with E-state index in [9.17, 15) is 19.1 Å². The molecule has 0 atom stereocenters. The number of hydrogen-bond acceptors (Lipinski definition) is 3. The second-order valence-electron chi connectivity index (χ2n) is 6.15. The molecule has 0 unspecified atom stereocenters. The average molecular weight is 331 g/mol. The Labute approximate surface area is 138 Å². The fourth-order valence-electron chi connectivity index (χ4n) is 3.00. The quantitative estimate of drug-likeness (QED) is 0.902. The van der Waals surface area contributed by atoms with Gasteiger partial charge in [0.25, 0.3) is 0 Å². The molecule has 2 N–H and O–H groups in total. The first kappa shape index (κ1) is 16.2. The number of rotatable bonds is 4. The van der Waals surface area contributed by atoms with Gasteiger partial charge in [-0.1, -0.05) is 12.1 Å². The van der Waals surface area contributed by atoms with E-state index in [0.717, 1.165) is 5.56 Å². The lowest BCUT2D eigenvalue weighted by molar-refractivity contribution is -0.122. The van der Waals surface area contributed by atoms with Crippen LogP contribution in [0.2, 0.25) is 0 Å². The number of carbonyl (C=O) groups excluding carboxylic acids is 1. The van der Waals surface area contributed by atoms with E-state index in [1.165, 1.54) is 16.8 Å². The summed E-state index contributed by atoms with van der Waals surface area (Å²) in [5, 5.41) is 15.8. The summed E-state index contributed by atoms with van der Waals surface area (Å²) >= 11 is 0. The number of aromatic nitrogens is 2. The van der Waals surface area contributed by atoms with Crippen LogP contribution in [0, 0.1) is 18.7 Å². The number of amides is 1. The summed E-state index contributed by atoms with van der Waals surface area (Å²) in [5.41, 5.74) is 1.55. The van der Waals surface area contributed by atoms with Crippen molar-refractivity contribution >= 4 is 17.6 Å². The minimum absolute atomic E-state index is 0.158. The predicted molar refractivity (Wildman–Crippen MR) is 85.4 cm³/mol. The van der Waals surface area contributed by atoms with E-state index < -0.39 is 5.97 Å². The molecule has 2 aromatic rings. The van der Waals surface area contributed by atoms with Gasteiger partial charge in [0.2, 0.25) is 5.91 Å². The summed E-state index contributed by atoms with van der Waals surface area (Å²) in [5.74, 6) is -1.73. The molecule has 1 amide bonds. The van der Waals surface area contributed by atoms with Gasteiger partial charge in [-0.05, 0) is 43.4 Å². The molecule has 126 valence electrons. The van der Waals surface area contributed by atoms with Gasteiger partial charge in [0.1, 0.15) is 5.82 Å². The molecule has 1 aromatic heterocycles. The molecule has 1 fully saturated rings. The number of benzene rings is 1. The van der Waals surface area contributed by atoms with Crippen LogP contribution in [0.3, 0.4) is 0 Å². The van der Waals surface area contributed by atoms with Crippen molar-refractivity contribution in [2.24, 2.45) is 13.0 Å². The number of nitrogens with one attached hydrogen (secondary N) is 1. The number of aryl methyl sites for hydroxylation is 1. The van der Waals surface area contributed by atoms with Crippen LogP contribution in [0.5, 0.6) is 0 Å². The number of halogens is 1. The third kappa shape index (κ3) is 2.89. The normalized spacial score (nSPS) is 19.6. The van der Waals surface area contributed by atoms with Crippen LogP contribution in [-0.4, -0.2) is 26.8 Å². The zero-order chi connectivity index (χ0) is 17.4. The molecule has 1 aliphatic rings. The van der Waals surface area contributed by atoms with E-state index in [0.29, 0.717) is 18.5 Å². The molecule has 3 rings (SSSR count). The molecule has 0 radical (unpaired) electrons. The van der Waals surface area contributed by atoms with E-state index in [-0.39, 0.29) is 34.9 Å². The predicted octanol–water partition coefficient (Wildman–Crippen LogP) is 2.70. The van der Waals surface area contributed by atoms with Crippen LogP contribution in [0.15, 0.2) is 24.3 Å². The van der Waals surface area contributed by atoms with Gasteiger partial charge < -0.3 is 10.4 Å². The Kier molecular flexibility index (Phi) is 4.09. The van der Waals surface area contributed by atoms with E-state index in [4.69, 9.17) is 0 Å². The minimum Gasteiger partial charge on any atom is -0.476 e. The Bertz CT molecular complexity index is 809. The molecule has 1 heterocycles. The Morgan fingerprint density at radius 2 is 2.08 bits per heavy atom. The number of hydrogen-bond donors (Lipinski definition) is 2. The third-order valence-electron chi connectivity index (χ3n) is 4.61. The van der Waals surface area contributed by atoms with Crippen LogP contribution < -0.4 is 5.32 Å². The molecule has 1 aromatic carbocycles. The lowest BCUT2D eigenvalue weighted by Gasteiger charge is -2.34. The topological polar surface area (TPSA) is 84.2 Å². The zero-order valence-corrected chi connectivity index (χ0v) is 13.4. The lowest BCUT2D eigenvalue weighted by Crippen LogP contribution is -2.33. The first-order valence-corrected chi connectivity index (χ1v) is 7.70. The van der Waals surface area contributed by atoms with Gasteiger partial charge in [0.15, 0.2) is 5.69 Å². The van der Waals surface area contributed by atoms with Gasteiger partial charge in [-0.25, -0.2) is 9.18 Å². The molecular weight excluding hydrogens is 313 g/mol. The van der Waals surface area contributed by atoms with Gasteiger partial charge >= 0.3 is 5.97 Å². The molecule has 7 heteroatoms. The van der Waals surface area contributed by atoms with Crippen molar-refractivity contribution in [3.8, 4) is 0 Å². The second kappa shape index (κ2) is 6.07. The van der Waals surface area contributed by atoms with Crippen molar-refractivity contribution in [1.82, 2.24) is 9.78 Å². The maximum absolute atomic E-state index is 13.3. The number of carboxylic acids is 1. The lowest BCUT2D eigenvalue weighted by atomic mass is 9.71. The van der Waals surface area contributed by atoms with Gasteiger partial charge in [-0.2, -0.15) is 5.10 Å². The highest BCUT2D eigenvalue weighted by Crippen LogP contribution is 2.42. The summed E-state index contributed by atoms with van der Waals surface area (Å²) in [6.07, 6.45) is 1.24. The Balaban J connectivity index is 1.67. The van der Waals surface area contributed by atoms with E-state index in [2.05, 4.69) is 10.4 Å². The summed E-state index contributed by atoms with van der Waals surface area (Å²) in [4.78, 5) is 23.6. The standard InChI is InChI=1S/C17H18FN3O3/c1-9-14(15(17(23)24)20-21(9)2)19-16(22)12-6-11(7-12)10-4-3-5-13(18)8-10/h3-5,8,11-12H,6-7H2,1-2H3,(H,19,22)(H,23,24). The first-order chi connectivity index (χ1) is 11.4. The average Bonchev–Trinajstić information content (AvgIpc) is 2.74. The van der Waals surface area contributed by atoms with Crippen molar-refractivity contribution in [1.29, 1.82) is 0 Å².